The first-order valence-corrected chi connectivity index (χ1v) is 10.3. The van der Waals surface area contributed by atoms with E-state index in [0.717, 1.165) is 0 Å². The molecule has 0 radical (unpaired) electrons. The summed E-state index contributed by atoms with van der Waals surface area (Å²) in [5.41, 5.74) is -8.64. The lowest BCUT2D eigenvalue weighted by Gasteiger charge is -2.31. The number of alkyl halides is 9. The topological polar surface area (TPSA) is 51.0 Å². The summed E-state index contributed by atoms with van der Waals surface area (Å²) >= 11 is 0. The summed E-state index contributed by atoms with van der Waals surface area (Å²) in [4.78, 5) is 4.67. The van der Waals surface area contributed by atoms with Crippen LogP contribution in [0.15, 0.2) is 46.0 Å². The van der Waals surface area contributed by atoms with Gasteiger partial charge in [-0.1, -0.05) is 11.2 Å². The van der Waals surface area contributed by atoms with Crippen molar-refractivity contribution in [2.24, 2.45) is 5.16 Å². The van der Waals surface area contributed by atoms with Gasteiger partial charge in [-0.3, -0.25) is 0 Å². The molecule has 0 fully saturated rings. The standard InChI is InChI=1S/C21H17BF9NO3/c1-17(2)14-5-10(3-4-15(14)22(33)34-17)16-9-18(35-32-16,21(29,30)31)11-6-12(19(23,24)25)8-13(7-11)20(26,27)28/h5-8,33H,3-4,9H2,1-2H3. The normalized spacial score (nSPS) is 24.9. The Kier molecular flexibility index (Phi) is 5.68. The van der Waals surface area contributed by atoms with Crippen molar-refractivity contribution in [3.63, 3.8) is 0 Å². The van der Waals surface area contributed by atoms with E-state index in [1.165, 1.54) is 6.08 Å². The van der Waals surface area contributed by atoms with Gasteiger partial charge in [-0.2, -0.15) is 39.5 Å². The zero-order valence-electron chi connectivity index (χ0n) is 18.1. The number of oxime groups is 1. The van der Waals surface area contributed by atoms with Crippen molar-refractivity contribution >= 4 is 12.8 Å². The highest BCUT2D eigenvalue weighted by Gasteiger charge is 2.63. The van der Waals surface area contributed by atoms with Gasteiger partial charge in [-0.15, -0.1) is 0 Å². The lowest BCUT2D eigenvalue weighted by atomic mass is 9.71. The maximum atomic E-state index is 14.2. The van der Waals surface area contributed by atoms with Gasteiger partial charge in [0.05, 0.1) is 22.4 Å². The molecule has 1 aliphatic carbocycles. The largest absolute Gasteiger partial charge is 0.487 e. The molecule has 1 aromatic carbocycles. The van der Waals surface area contributed by atoms with Gasteiger partial charge in [0, 0.05) is 12.0 Å². The fourth-order valence-electron chi connectivity index (χ4n) is 4.47. The molecule has 0 amide bonds. The molecule has 14 heteroatoms. The highest BCUT2D eigenvalue weighted by molar-refractivity contribution is 6.54. The first-order chi connectivity index (χ1) is 15.8. The van der Waals surface area contributed by atoms with Crippen LogP contribution in [0, 0.1) is 0 Å². The Hall–Kier alpha value is -2.48. The number of hydrogen-bond donors (Lipinski definition) is 1. The molecule has 0 saturated heterocycles. The van der Waals surface area contributed by atoms with Crippen LogP contribution in [0.25, 0.3) is 0 Å². The van der Waals surface area contributed by atoms with Crippen molar-refractivity contribution in [1.82, 2.24) is 0 Å². The summed E-state index contributed by atoms with van der Waals surface area (Å²) in [5.74, 6) is 0. The van der Waals surface area contributed by atoms with Crippen molar-refractivity contribution in [2.75, 3.05) is 0 Å². The molecular weight excluding hydrogens is 496 g/mol. The van der Waals surface area contributed by atoms with Crippen molar-refractivity contribution < 1.29 is 54.0 Å². The van der Waals surface area contributed by atoms with Crippen LogP contribution in [0.3, 0.4) is 0 Å². The highest BCUT2D eigenvalue weighted by Crippen LogP contribution is 2.52. The fraction of sp³-hybridized carbons (Fsp3) is 0.476. The third-order valence-electron chi connectivity index (χ3n) is 6.29. The summed E-state index contributed by atoms with van der Waals surface area (Å²) in [6.07, 6.45) is -15.4. The van der Waals surface area contributed by atoms with E-state index in [0.29, 0.717) is 11.0 Å². The average molecular weight is 513 g/mol. The minimum atomic E-state index is -5.41. The summed E-state index contributed by atoms with van der Waals surface area (Å²) in [5, 5.41) is 13.5. The molecule has 4 rings (SSSR count). The van der Waals surface area contributed by atoms with E-state index < -0.39 is 60.0 Å². The minimum absolute atomic E-state index is 0.00134. The van der Waals surface area contributed by atoms with Crippen LogP contribution in [0.5, 0.6) is 0 Å². The molecule has 2 heterocycles. The molecule has 0 saturated carbocycles. The zero-order chi connectivity index (χ0) is 26.2. The van der Waals surface area contributed by atoms with Crippen LogP contribution in [0.2, 0.25) is 0 Å². The number of allylic oxidation sites excluding steroid dienone is 2. The molecular formula is C21H17BF9NO3. The molecule has 1 unspecified atom stereocenters. The molecule has 190 valence electrons. The van der Waals surface area contributed by atoms with Crippen LogP contribution in [0.4, 0.5) is 39.5 Å². The quantitative estimate of drug-likeness (QED) is 0.384. The summed E-state index contributed by atoms with van der Waals surface area (Å²) in [6, 6.07) is -0.252. The number of halogens is 9. The fourth-order valence-corrected chi connectivity index (χ4v) is 4.47. The Bertz CT molecular complexity index is 1120. The smallest absolute Gasteiger partial charge is 0.423 e. The predicted molar refractivity (Wildman–Crippen MR) is 105 cm³/mol. The Morgan fingerprint density at radius 1 is 0.914 bits per heavy atom. The third-order valence-corrected chi connectivity index (χ3v) is 6.29. The lowest BCUT2D eigenvalue weighted by molar-refractivity contribution is -0.276. The van der Waals surface area contributed by atoms with Gasteiger partial charge in [0.2, 0.25) is 0 Å². The van der Waals surface area contributed by atoms with Crippen molar-refractivity contribution in [1.29, 1.82) is 0 Å². The first-order valence-electron chi connectivity index (χ1n) is 10.3. The number of rotatable bonds is 2. The maximum Gasteiger partial charge on any atom is 0.487 e. The van der Waals surface area contributed by atoms with Gasteiger partial charge in [0.15, 0.2) is 0 Å². The van der Waals surface area contributed by atoms with Gasteiger partial charge in [-0.25, -0.2) is 0 Å². The number of benzene rings is 1. The van der Waals surface area contributed by atoms with Crippen LogP contribution < -0.4 is 0 Å². The van der Waals surface area contributed by atoms with Crippen molar-refractivity contribution in [2.45, 2.75) is 62.8 Å². The molecule has 1 N–H and O–H groups in total. The van der Waals surface area contributed by atoms with Gasteiger partial charge >= 0.3 is 25.6 Å². The predicted octanol–water partition coefficient (Wildman–Crippen LogP) is 6.10. The molecule has 0 bridgehead atoms. The van der Waals surface area contributed by atoms with Crippen molar-refractivity contribution in [3.05, 3.63) is 57.6 Å². The molecule has 3 aliphatic rings. The van der Waals surface area contributed by atoms with E-state index in [1.54, 1.807) is 13.8 Å². The third kappa shape index (κ3) is 4.35. The molecule has 0 aromatic heterocycles. The minimum Gasteiger partial charge on any atom is -0.423 e. The van der Waals surface area contributed by atoms with Crippen LogP contribution >= 0.6 is 0 Å². The molecule has 0 spiro atoms. The molecule has 1 aromatic rings. The number of nitrogens with zero attached hydrogens (tertiary/aromatic N) is 1. The van der Waals surface area contributed by atoms with Crippen LogP contribution in [-0.2, 0) is 27.4 Å². The van der Waals surface area contributed by atoms with Gasteiger partial charge in [0.25, 0.3) is 5.60 Å². The highest BCUT2D eigenvalue weighted by atomic mass is 19.4. The van der Waals surface area contributed by atoms with E-state index in [2.05, 4.69) is 9.99 Å². The molecule has 1 atom stereocenters. The van der Waals surface area contributed by atoms with Crippen molar-refractivity contribution in [3.8, 4) is 0 Å². The van der Waals surface area contributed by atoms with E-state index in [9.17, 15) is 44.5 Å². The summed E-state index contributed by atoms with van der Waals surface area (Å²) in [7, 11) is -1.19. The monoisotopic (exact) mass is 513 g/mol. The Balaban J connectivity index is 1.79. The second kappa shape index (κ2) is 7.76. The molecule has 2 aliphatic heterocycles. The lowest BCUT2D eigenvalue weighted by Crippen LogP contribution is -2.43. The molecule has 35 heavy (non-hydrogen) atoms. The van der Waals surface area contributed by atoms with Crippen LogP contribution in [0.1, 0.15) is 49.8 Å². The Morgan fingerprint density at radius 2 is 1.49 bits per heavy atom. The summed E-state index contributed by atoms with van der Waals surface area (Å²) < 4.78 is 128. The first kappa shape index (κ1) is 25.6. The van der Waals surface area contributed by atoms with E-state index in [1.807, 2.05) is 0 Å². The molecule has 4 nitrogen and oxygen atoms in total. The van der Waals surface area contributed by atoms with Gasteiger partial charge in [-0.05, 0) is 61.5 Å². The van der Waals surface area contributed by atoms with E-state index in [-0.39, 0.29) is 42.3 Å². The Morgan fingerprint density at radius 3 is 2.00 bits per heavy atom. The van der Waals surface area contributed by atoms with E-state index >= 15 is 0 Å². The van der Waals surface area contributed by atoms with Gasteiger partial charge < -0.3 is 14.5 Å². The average Bonchev–Trinajstić information content (AvgIpc) is 3.26. The number of hydrogen-bond acceptors (Lipinski definition) is 4. The Labute approximate surface area is 193 Å². The summed E-state index contributed by atoms with van der Waals surface area (Å²) in [6.45, 7) is 3.26. The second-order valence-corrected chi connectivity index (χ2v) is 9.01. The van der Waals surface area contributed by atoms with Crippen LogP contribution in [-0.4, -0.2) is 29.6 Å². The zero-order valence-corrected chi connectivity index (χ0v) is 18.1. The SMILES string of the molecule is CC1(C)OB(O)C2=C1C=C(C1=NOC(c3cc(C(F)(F)F)cc(C(F)(F)F)c3)(C(F)(F)F)C1)CC2. The van der Waals surface area contributed by atoms with E-state index in [4.69, 9.17) is 4.65 Å². The second-order valence-electron chi connectivity index (χ2n) is 9.01. The van der Waals surface area contributed by atoms with Gasteiger partial charge in [0.1, 0.15) is 0 Å². The maximum absolute atomic E-state index is 14.2.